The number of nitrogens with one attached hydrogen (secondary N) is 1. The van der Waals surface area contributed by atoms with E-state index in [4.69, 9.17) is 4.98 Å². The highest BCUT2D eigenvalue weighted by Gasteiger charge is 2.18. The second-order valence-electron chi connectivity index (χ2n) is 6.82. The Morgan fingerprint density at radius 3 is 2.61 bits per heavy atom. The van der Waals surface area contributed by atoms with Gasteiger partial charge in [-0.25, -0.2) is 9.67 Å². The van der Waals surface area contributed by atoms with Gasteiger partial charge in [0.25, 0.3) is 5.91 Å². The molecule has 5 nitrogen and oxygen atoms in total. The number of pyridine rings is 1. The Morgan fingerprint density at radius 1 is 1.07 bits per heavy atom. The number of nitrogens with zero attached hydrogens (tertiary/aromatic N) is 3. The molecule has 1 N–H and O–H groups in total. The van der Waals surface area contributed by atoms with Crippen LogP contribution in [0.2, 0.25) is 0 Å². The molecule has 0 unspecified atom stereocenters. The van der Waals surface area contributed by atoms with E-state index in [-0.39, 0.29) is 5.91 Å². The van der Waals surface area contributed by atoms with Gasteiger partial charge in [0.1, 0.15) is 0 Å². The summed E-state index contributed by atoms with van der Waals surface area (Å²) in [5.74, 6) is -0.158. The van der Waals surface area contributed by atoms with E-state index in [1.807, 2.05) is 80.1 Å². The van der Waals surface area contributed by atoms with Crippen molar-refractivity contribution in [2.45, 2.75) is 27.3 Å². The van der Waals surface area contributed by atoms with Crippen LogP contribution in [0.3, 0.4) is 0 Å². The van der Waals surface area contributed by atoms with Crippen LogP contribution < -0.4 is 5.32 Å². The summed E-state index contributed by atoms with van der Waals surface area (Å²) in [6.45, 7) is 6.75. The standard InChI is InChI=1S/C23H22N4O/c1-4-27-22-19(14-24-27)18(13-21(25-22)17-10-6-5-7-11-17)23(28)26-20-12-8-9-15(2)16(20)3/h5-14H,4H2,1-3H3,(H,26,28). The van der Waals surface area contributed by atoms with Gasteiger partial charge in [-0.1, -0.05) is 42.5 Å². The summed E-state index contributed by atoms with van der Waals surface area (Å²) < 4.78 is 1.82. The van der Waals surface area contributed by atoms with E-state index in [0.717, 1.165) is 39.1 Å². The average Bonchev–Trinajstić information content (AvgIpc) is 3.14. The van der Waals surface area contributed by atoms with Crippen LogP contribution in [-0.2, 0) is 6.54 Å². The second kappa shape index (κ2) is 7.27. The summed E-state index contributed by atoms with van der Waals surface area (Å²) in [5, 5.41) is 8.22. The summed E-state index contributed by atoms with van der Waals surface area (Å²) in [7, 11) is 0. The zero-order chi connectivity index (χ0) is 19.7. The van der Waals surface area contributed by atoms with E-state index in [9.17, 15) is 4.79 Å². The summed E-state index contributed by atoms with van der Waals surface area (Å²) >= 11 is 0. The minimum atomic E-state index is -0.158. The number of fused-ring (bicyclic) bond motifs is 1. The van der Waals surface area contributed by atoms with Crippen molar-refractivity contribution < 1.29 is 4.79 Å². The number of rotatable bonds is 4. The van der Waals surface area contributed by atoms with E-state index >= 15 is 0 Å². The molecule has 0 radical (unpaired) electrons. The molecule has 4 aromatic rings. The third-order valence-electron chi connectivity index (χ3n) is 5.08. The molecule has 1 amide bonds. The van der Waals surface area contributed by atoms with Gasteiger partial charge in [-0.05, 0) is 44.0 Å². The van der Waals surface area contributed by atoms with E-state index in [0.29, 0.717) is 12.1 Å². The van der Waals surface area contributed by atoms with E-state index in [2.05, 4.69) is 10.4 Å². The lowest BCUT2D eigenvalue weighted by Crippen LogP contribution is -2.14. The van der Waals surface area contributed by atoms with Crippen LogP contribution in [0.5, 0.6) is 0 Å². The fourth-order valence-corrected chi connectivity index (χ4v) is 3.30. The van der Waals surface area contributed by atoms with Crippen molar-refractivity contribution in [1.82, 2.24) is 14.8 Å². The second-order valence-corrected chi connectivity index (χ2v) is 6.82. The lowest BCUT2D eigenvalue weighted by Gasteiger charge is -2.12. The highest BCUT2D eigenvalue weighted by Crippen LogP contribution is 2.26. The first kappa shape index (κ1) is 17.9. The van der Waals surface area contributed by atoms with Gasteiger partial charge in [0.2, 0.25) is 0 Å². The van der Waals surface area contributed by atoms with Crippen molar-refractivity contribution in [2.24, 2.45) is 0 Å². The van der Waals surface area contributed by atoms with Crippen molar-refractivity contribution in [1.29, 1.82) is 0 Å². The monoisotopic (exact) mass is 370 g/mol. The lowest BCUT2D eigenvalue weighted by molar-refractivity contribution is 0.102. The molecule has 2 heterocycles. The average molecular weight is 370 g/mol. The zero-order valence-electron chi connectivity index (χ0n) is 16.2. The lowest BCUT2D eigenvalue weighted by atomic mass is 10.1. The van der Waals surface area contributed by atoms with Gasteiger partial charge in [0.05, 0.1) is 22.8 Å². The van der Waals surface area contributed by atoms with Gasteiger partial charge in [-0.3, -0.25) is 4.79 Å². The van der Waals surface area contributed by atoms with Gasteiger partial charge in [-0.2, -0.15) is 5.10 Å². The van der Waals surface area contributed by atoms with Gasteiger partial charge < -0.3 is 5.32 Å². The fourth-order valence-electron chi connectivity index (χ4n) is 3.30. The molecule has 0 spiro atoms. The topological polar surface area (TPSA) is 59.8 Å². The number of carbonyl (C=O) groups is 1. The summed E-state index contributed by atoms with van der Waals surface area (Å²) in [4.78, 5) is 18.0. The molecule has 0 bridgehead atoms. The molecule has 140 valence electrons. The number of benzene rings is 2. The number of carbonyl (C=O) groups excluding carboxylic acids is 1. The minimum Gasteiger partial charge on any atom is -0.322 e. The molecule has 5 heteroatoms. The molecular weight excluding hydrogens is 348 g/mol. The predicted molar refractivity (Wildman–Crippen MR) is 113 cm³/mol. The first-order chi connectivity index (χ1) is 13.6. The number of amides is 1. The molecule has 4 rings (SSSR count). The van der Waals surface area contributed by atoms with Crippen LogP contribution in [0.4, 0.5) is 5.69 Å². The van der Waals surface area contributed by atoms with Crippen molar-refractivity contribution in [3.63, 3.8) is 0 Å². The Morgan fingerprint density at radius 2 is 1.86 bits per heavy atom. The van der Waals surface area contributed by atoms with Gasteiger partial charge in [0, 0.05) is 17.8 Å². The van der Waals surface area contributed by atoms with Crippen LogP contribution in [-0.4, -0.2) is 20.7 Å². The van der Waals surface area contributed by atoms with Crippen LogP contribution >= 0.6 is 0 Å². The Hall–Kier alpha value is -3.47. The largest absolute Gasteiger partial charge is 0.322 e. The van der Waals surface area contributed by atoms with Gasteiger partial charge in [0.15, 0.2) is 5.65 Å². The smallest absolute Gasteiger partial charge is 0.256 e. The zero-order valence-corrected chi connectivity index (χ0v) is 16.2. The Labute approximate surface area is 164 Å². The number of anilines is 1. The number of aromatic nitrogens is 3. The van der Waals surface area contributed by atoms with Crippen LogP contribution in [0.1, 0.15) is 28.4 Å². The molecule has 0 aliphatic carbocycles. The third kappa shape index (κ3) is 3.16. The van der Waals surface area contributed by atoms with Crippen molar-refractivity contribution >= 4 is 22.6 Å². The molecule has 0 saturated heterocycles. The summed E-state index contributed by atoms with van der Waals surface area (Å²) in [6, 6.07) is 17.6. The molecule has 0 aliphatic rings. The quantitative estimate of drug-likeness (QED) is 0.551. The Balaban J connectivity index is 1.84. The normalized spacial score (nSPS) is 11.0. The fraction of sp³-hybridized carbons (Fsp3) is 0.174. The third-order valence-corrected chi connectivity index (χ3v) is 5.08. The van der Waals surface area contributed by atoms with Crippen LogP contribution in [0.25, 0.3) is 22.3 Å². The van der Waals surface area contributed by atoms with E-state index in [1.165, 1.54) is 0 Å². The van der Waals surface area contributed by atoms with Gasteiger partial charge >= 0.3 is 0 Å². The van der Waals surface area contributed by atoms with Crippen molar-refractivity contribution in [3.05, 3.63) is 77.5 Å². The minimum absolute atomic E-state index is 0.158. The molecule has 2 aromatic heterocycles. The highest BCUT2D eigenvalue weighted by molar-refractivity contribution is 6.12. The Bertz CT molecular complexity index is 1160. The summed E-state index contributed by atoms with van der Waals surface area (Å²) in [5.41, 5.74) is 6.04. The number of aryl methyl sites for hydroxylation is 2. The molecule has 0 fully saturated rings. The maximum Gasteiger partial charge on any atom is 0.256 e. The number of hydrogen-bond acceptors (Lipinski definition) is 3. The predicted octanol–water partition coefficient (Wildman–Crippen LogP) is 4.99. The maximum atomic E-state index is 13.2. The first-order valence-electron chi connectivity index (χ1n) is 9.38. The maximum absolute atomic E-state index is 13.2. The Kier molecular flexibility index (Phi) is 4.65. The molecule has 0 aliphatic heterocycles. The van der Waals surface area contributed by atoms with Crippen LogP contribution in [0, 0.1) is 13.8 Å². The van der Waals surface area contributed by atoms with E-state index in [1.54, 1.807) is 6.20 Å². The van der Waals surface area contributed by atoms with Gasteiger partial charge in [-0.15, -0.1) is 0 Å². The molecule has 28 heavy (non-hydrogen) atoms. The first-order valence-corrected chi connectivity index (χ1v) is 9.38. The van der Waals surface area contributed by atoms with Crippen molar-refractivity contribution in [2.75, 3.05) is 5.32 Å². The van der Waals surface area contributed by atoms with Crippen LogP contribution in [0.15, 0.2) is 60.8 Å². The van der Waals surface area contributed by atoms with Crippen molar-refractivity contribution in [3.8, 4) is 11.3 Å². The van der Waals surface area contributed by atoms with E-state index < -0.39 is 0 Å². The number of hydrogen-bond donors (Lipinski definition) is 1. The molecule has 0 atom stereocenters. The molecule has 0 saturated carbocycles. The molecular formula is C23H22N4O. The summed E-state index contributed by atoms with van der Waals surface area (Å²) in [6.07, 6.45) is 1.72. The highest BCUT2D eigenvalue weighted by atomic mass is 16.1. The molecule has 2 aromatic carbocycles. The SMILES string of the molecule is CCn1ncc2c(C(=O)Nc3cccc(C)c3C)cc(-c3ccccc3)nc21.